The molecule has 0 saturated heterocycles. The van der Waals surface area contributed by atoms with Crippen LogP contribution in [-0.2, 0) is 4.79 Å². The van der Waals surface area contributed by atoms with Gasteiger partial charge in [-0.2, -0.15) is 0 Å². The lowest BCUT2D eigenvalue weighted by Gasteiger charge is -2.16. The Kier molecular flexibility index (Phi) is 4.58. The molecule has 1 heterocycles. The van der Waals surface area contributed by atoms with Crippen molar-refractivity contribution in [3.63, 3.8) is 0 Å². The minimum absolute atomic E-state index is 0.229. The third-order valence-corrected chi connectivity index (χ3v) is 2.97. The molecule has 0 spiro atoms. The Balaban J connectivity index is 2.00. The van der Waals surface area contributed by atoms with Gasteiger partial charge in [-0.3, -0.25) is 9.78 Å². The van der Waals surface area contributed by atoms with Crippen LogP contribution in [-0.4, -0.2) is 17.0 Å². The number of nitrogens with zero attached hydrogens (tertiary/aromatic N) is 1. The van der Waals surface area contributed by atoms with Gasteiger partial charge in [0.15, 0.2) is 6.10 Å². The molecule has 1 atom stereocenters. The first-order chi connectivity index (χ1) is 9.56. The van der Waals surface area contributed by atoms with Crippen molar-refractivity contribution in [3.05, 3.63) is 53.3 Å². The van der Waals surface area contributed by atoms with Crippen molar-refractivity contribution in [2.75, 3.05) is 5.32 Å². The summed E-state index contributed by atoms with van der Waals surface area (Å²) in [4.78, 5) is 15.9. The molecule has 0 saturated carbocycles. The van der Waals surface area contributed by atoms with Crippen LogP contribution in [0.5, 0.6) is 5.75 Å². The number of aromatic nitrogens is 1. The molecule has 0 aliphatic carbocycles. The number of carbonyl (C=O) groups is 1. The number of carbonyl (C=O) groups excluding carboxylic acids is 1. The number of halogens is 1. The predicted octanol–water partition coefficient (Wildman–Crippen LogP) is 3.45. The monoisotopic (exact) mass is 290 g/mol. The number of amides is 1. The highest BCUT2D eigenvalue weighted by atomic mass is 35.5. The van der Waals surface area contributed by atoms with Crippen molar-refractivity contribution < 1.29 is 9.53 Å². The van der Waals surface area contributed by atoms with E-state index in [2.05, 4.69) is 10.3 Å². The van der Waals surface area contributed by atoms with Crippen LogP contribution in [0.25, 0.3) is 0 Å². The Morgan fingerprint density at radius 2 is 2.20 bits per heavy atom. The summed E-state index contributed by atoms with van der Waals surface area (Å²) < 4.78 is 5.64. The molecule has 0 aliphatic rings. The third-order valence-electron chi connectivity index (χ3n) is 2.74. The number of nitrogens with one attached hydrogen (secondary N) is 1. The standard InChI is InChI=1S/C15H15ClN2O2/c1-10-8-12(16)5-6-14(10)20-11(2)15(19)18-13-4-3-7-17-9-13/h3-9,11H,1-2H3,(H,18,19)/t11-/m1/s1. The highest BCUT2D eigenvalue weighted by Crippen LogP contribution is 2.23. The van der Waals surface area contributed by atoms with Gasteiger partial charge in [0.25, 0.3) is 5.91 Å². The van der Waals surface area contributed by atoms with Gasteiger partial charge in [0.1, 0.15) is 5.75 Å². The fourth-order valence-electron chi connectivity index (χ4n) is 1.67. The number of hydrogen-bond donors (Lipinski definition) is 1. The average Bonchev–Trinajstić information content (AvgIpc) is 2.43. The highest BCUT2D eigenvalue weighted by Gasteiger charge is 2.15. The van der Waals surface area contributed by atoms with Crippen molar-refractivity contribution in [2.45, 2.75) is 20.0 Å². The van der Waals surface area contributed by atoms with Crippen LogP contribution in [0.1, 0.15) is 12.5 Å². The van der Waals surface area contributed by atoms with E-state index in [1.54, 1.807) is 49.6 Å². The molecule has 2 rings (SSSR count). The zero-order valence-electron chi connectivity index (χ0n) is 11.3. The molecule has 5 heteroatoms. The predicted molar refractivity (Wildman–Crippen MR) is 79.1 cm³/mol. The second-order valence-corrected chi connectivity index (χ2v) is 4.84. The fourth-order valence-corrected chi connectivity index (χ4v) is 1.90. The van der Waals surface area contributed by atoms with Crippen LogP contribution in [0.3, 0.4) is 0 Å². The second-order valence-electron chi connectivity index (χ2n) is 4.40. The van der Waals surface area contributed by atoms with E-state index in [4.69, 9.17) is 16.3 Å². The lowest BCUT2D eigenvalue weighted by molar-refractivity contribution is -0.122. The van der Waals surface area contributed by atoms with Crippen LogP contribution in [0, 0.1) is 6.92 Å². The van der Waals surface area contributed by atoms with Crippen molar-refractivity contribution in [1.82, 2.24) is 4.98 Å². The zero-order valence-corrected chi connectivity index (χ0v) is 12.0. The molecule has 1 aromatic carbocycles. The van der Waals surface area contributed by atoms with Gasteiger partial charge >= 0.3 is 0 Å². The lowest BCUT2D eigenvalue weighted by atomic mass is 10.2. The average molecular weight is 291 g/mol. The number of hydrogen-bond acceptors (Lipinski definition) is 3. The van der Waals surface area contributed by atoms with Crippen molar-refractivity contribution in [3.8, 4) is 5.75 Å². The summed E-state index contributed by atoms with van der Waals surface area (Å²) in [5.74, 6) is 0.413. The summed E-state index contributed by atoms with van der Waals surface area (Å²) in [6.45, 7) is 3.58. The third kappa shape index (κ3) is 3.71. The minimum atomic E-state index is -0.616. The lowest BCUT2D eigenvalue weighted by Crippen LogP contribution is -2.30. The van der Waals surface area contributed by atoms with Gasteiger partial charge in [-0.1, -0.05) is 11.6 Å². The summed E-state index contributed by atoms with van der Waals surface area (Å²) in [7, 11) is 0. The molecule has 0 unspecified atom stereocenters. The Labute approximate surface area is 122 Å². The maximum Gasteiger partial charge on any atom is 0.265 e. The first-order valence-electron chi connectivity index (χ1n) is 6.20. The number of aryl methyl sites for hydroxylation is 1. The Bertz CT molecular complexity index is 602. The van der Waals surface area contributed by atoms with Gasteiger partial charge in [-0.05, 0) is 49.7 Å². The summed E-state index contributed by atoms with van der Waals surface area (Å²) in [5.41, 5.74) is 1.53. The topological polar surface area (TPSA) is 51.2 Å². The first kappa shape index (κ1) is 14.3. The molecule has 0 bridgehead atoms. The minimum Gasteiger partial charge on any atom is -0.481 e. The zero-order chi connectivity index (χ0) is 14.5. The largest absolute Gasteiger partial charge is 0.481 e. The number of benzene rings is 1. The quantitative estimate of drug-likeness (QED) is 0.938. The van der Waals surface area contributed by atoms with Gasteiger partial charge < -0.3 is 10.1 Å². The molecule has 1 amide bonds. The Morgan fingerprint density at radius 1 is 1.40 bits per heavy atom. The van der Waals surface area contributed by atoms with E-state index in [1.807, 2.05) is 6.92 Å². The van der Waals surface area contributed by atoms with Gasteiger partial charge in [-0.15, -0.1) is 0 Å². The van der Waals surface area contributed by atoms with Crippen LogP contribution < -0.4 is 10.1 Å². The highest BCUT2D eigenvalue weighted by molar-refractivity contribution is 6.30. The van der Waals surface area contributed by atoms with E-state index in [9.17, 15) is 4.79 Å². The summed E-state index contributed by atoms with van der Waals surface area (Å²) in [6, 6.07) is 8.80. The summed E-state index contributed by atoms with van der Waals surface area (Å²) in [5, 5.41) is 3.38. The molecule has 2 aromatic rings. The maximum absolute atomic E-state index is 12.0. The number of anilines is 1. The smallest absolute Gasteiger partial charge is 0.265 e. The van der Waals surface area contributed by atoms with Gasteiger partial charge in [-0.25, -0.2) is 0 Å². The summed E-state index contributed by atoms with van der Waals surface area (Å²) >= 11 is 5.88. The van der Waals surface area contributed by atoms with E-state index < -0.39 is 6.10 Å². The summed E-state index contributed by atoms with van der Waals surface area (Å²) in [6.07, 6.45) is 2.61. The molecule has 20 heavy (non-hydrogen) atoms. The molecule has 1 aromatic heterocycles. The normalized spacial score (nSPS) is 11.8. The Morgan fingerprint density at radius 3 is 2.85 bits per heavy atom. The van der Waals surface area contributed by atoms with Crippen LogP contribution in [0.15, 0.2) is 42.7 Å². The molecule has 104 valence electrons. The number of rotatable bonds is 4. The van der Waals surface area contributed by atoms with E-state index in [0.29, 0.717) is 16.5 Å². The van der Waals surface area contributed by atoms with Gasteiger partial charge in [0.2, 0.25) is 0 Å². The fraction of sp³-hybridized carbons (Fsp3) is 0.200. The molecule has 0 fully saturated rings. The van der Waals surface area contributed by atoms with E-state index >= 15 is 0 Å². The van der Waals surface area contributed by atoms with Gasteiger partial charge in [0, 0.05) is 11.2 Å². The van der Waals surface area contributed by atoms with Gasteiger partial charge in [0.05, 0.1) is 11.9 Å². The van der Waals surface area contributed by atoms with Crippen LogP contribution >= 0.6 is 11.6 Å². The molecule has 1 N–H and O–H groups in total. The van der Waals surface area contributed by atoms with E-state index in [0.717, 1.165) is 5.56 Å². The molecular formula is C15H15ClN2O2. The van der Waals surface area contributed by atoms with Crippen molar-refractivity contribution >= 4 is 23.2 Å². The number of ether oxygens (including phenoxy) is 1. The van der Waals surface area contributed by atoms with Crippen molar-refractivity contribution in [1.29, 1.82) is 0 Å². The van der Waals surface area contributed by atoms with Crippen LogP contribution in [0.4, 0.5) is 5.69 Å². The van der Waals surface area contributed by atoms with E-state index in [1.165, 1.54) is 0 Å². The molecule has 0 aliphatic heterocycles. The maximum atomic E-state index is 12.0. The van der Waals surface area contributed by atoms with Crippen LogP contribution in [0.2, 0.25) is 5.02 Å². The molecule has 0 radical (unpaired) electrons. The Hall–Kier alpha value is -2.07. The van der Waals surface area contributed by atoms with E-state index in [-0.39, 0.29) is 5.91 Å². The number of pyridine rings is 1. The second kappa shape index (κ2) is 6.39. The first-order valence-corrected chi connectivity index (χ1v) is 6.58. The SMILES string of the molecule is Cc1cc(Cl)ccc1O[C@H](C)C(=O)Nc1cccnc1. The molecule has 4 nitrogen and oxygen atoms in total. The van der Waals surface area contributed by atoms with Crippen molar-refractivity contribution in [2.24, 2.45) is 0 Å². The molecular weight excluding hydrogens is 276 g/mol.